The van der Waals surface area contributed by atoms with E-state index >= 15 is 0 Å². The lowest BCUT2D eigenvalue weighted by Crippen LogP contribution is -2.48. The van der Waals surface area contributed by atoms with Crippen molar-refractivity contribution in [1.29, 1.82) is 0 Å². The van der Waals surface area contributed by atoms with Gasteiger partial charge < -0.3 is 15.2 Å². The third kappa shape index (κ3) is 7.16. The first-order valence-electron chi connectivity index (χ1n) is 10.7. The first-order valence-corrected chi connectivity index (χ1v) is 10.7. The zero-order chi connectivity index (χ0) is 24.8. The minimum Gasteiger partial charge on any atom is -0.461 e. The highest BCUT2D eigenvalue weighted by atomic mass is 19.4. The molecule has 33 heavy (non-hydrogen) atoms. The predicted octanol–water partition coefficient (Wildman–Crippen LogP) is 2.88. The maximum atomic E-state index is 13.6. The van der Waals surface area contributed by atoms with E-state index in [0.717, 1.165) is 31.0 Å². The van der Waals surface area contributed by atoms with Crippen LogP contribution < -0.4 is 10.8 Å². The van der Waals surface area contributed by atoms with E-state index in [2.05, 4.69) is 5.32 Å². The summed E-state index contributed by atoms with van der Waals surface area (Å²) in [5.41, 5.74) is -0.377. The van der Waals surface area contributed by atoms with Crippen LogP contribution in [-0.4, -0.2) is 40.3 Å². The molecular weight excluding hydrogens is 445 g/mol. The monoisotopic (exact) mass is 474 g/mol. The molecular formula is C22H29F3N2O6. The first-order chi connectivity index (χ1) is 15.5. The predicted molar refractivity (Wildman–Crippen MR) is 110 cm³/mol. The molecule has 0 heterocycles. The van der Waals surface area contributed by atoms with Crippen molar-refractivity contribution >= 4 is 17.8 Å². The second-order valence-corrected chi connectivity index (χ2v) is 8.53. The van der Waals surface area contributed by atoms with Crippen LogP contribution in [0, 0.1) is 11.8 Å². The first kappa shape index (κ1) is 26.6. The van der Waals surface area contributed by atoms with Gasteiger partial charge in [0.25, 0.3) is 5.91 Å². The molecule has 0 radical (unpaired) electrons. The van der Waals surface area contributed by atoms with Gasteiger partial charge in [0, 0.05) is 0 Å². The lowest BCUT2D eigenvalue weighted by atomic mass is 9.90. The van der Waals surface area contributed by atoms with E-state index in [1.54, 1.807) is 13.8 Å². The van der Waals surface area contributed by atoms with E-state index in [4.69, 9.17) is 9.94 Å². The number of halogens is 3. The van der Waals surface area contributed by atoms with E-state index in [-0.39, 0.29) is 12.3 Å². The van der Waals surface area contributed by atoms with Gasteiger partial charge in [-0.05, 0) is 49.7 Å². The highest BCUT2D eigenvalue weighted by Crippen LogP contribution is 2.36. The van der Waals surface area contributed by atoms with Gasteiger partial charge in [-0.1, -0.05) is 32.0 Å². The number of aliphatic hydroxyl groups excluding tert-OH is 1. The average Bonchev–Trinajstić information content (AvgIpc) is 3.26. The van der Waals surface area contributed by atoms with Crippen LogP contribution >= 0.6 is 0 Å². The molecule has 1 aromatic carbocycles. The van der Waals surface area contributed by atoms with E-state index in [1.165, 1.54) is 11.5 Å². The van der Waals surface area contributed by atoms with Crippen molar-refractivity contribution in [3.8, 4) is 0 Å². The van der Waals surface area contributed by atoms with Crippen LogP contribution in [0.25, 0.3) is 0 Å². The summed E-state index contributed by atoms with van der Waals surface area (Å²) in [4.78, 5) is 37.7. The molecule has 8 nitrogen and oxygen atoms in total. The fourth-order valence-electron chi connectivity index (χ4n) is 3.89. The van der Waals surface area contributed by atoms with Crippen LogP contribution in [0.2, 0.25) is 0 Å². The highest BCUT2D eigenvalue weighted by Gasteiger charge is 2.40. The molecule has 0 aliphatic heterocycles. The summed E-state index contributed by atoms with van der Waals surface area (Å²) in [6, 6.07) is 2.50. The Morgan fingerprint density at radius 3 is 2.27 bits per heavy atom. The number of amides is 2. The number of carbonyl (C=O) groups excluding carboxylic acids is 3. The number of rotatable bonds is 9. The molecule has 1 saturated carbocycles. The molecule has 0 unspecified atom stereocenters. The molecule has 2 amide bonds. The van der Waals surface area contributed by atoms with E-state index in [0.29, 0.717) is 12.8 Å². The highest BCUT2D eigenvalue weighted by molar-refractivity contribution is 5.91. The van der Waals surface area contributed by atoms with Crippen molar-refractivity contribution in [3.63, 3.8) is 0 Å². The SMILES string of the molecule is CC(C)C[C@@H](C(=O)N[C@H](C(=O)OC1CCCC1)c1ccccc1C(F)(F)F)[C@H](O)C(=O)NO. The maximum Gasteiger partial charge on any atom is 0.416 e. The number of alkyl halides is 3. The summed E-state index contributed by atoms with van der Waals surface area (Å²) in [6.07, 6.45) is -4.53. The van der Waals surface area contributed by atoms with E-state index < -0.39 is 59.3 Å². The lowest BCUT2D eigenvalue weighted by molar-refractivity contribution is -0.155. The third-order valence-electron chi connectivity index (χ3n) is 5.51. The minimum absolute atomic E-state index is 0.0360. The number of aliphatic hydroxyl groups is 1. The second-order valence-electron chi connectivity index (χ2n) is 8.53. The average molecular weight is 474 g/mol. The molecule has 0 spiro atoms. The summed E-state index contributed by atoms with van der Waals surface area (Å²) < 4.78 is 46.3. The number of benzene rings is 1. The van der Waals surface area contributed by atoms with Gasteiger partial charge in [-0.15, -0.1) is 0 Å². The summed E-state index contributed by atoms with van der Waals surface area (Å²) in [6.45, 7) is 3.41. The lowest BCUT2D eigenvalue weighted by Gasteiger charge is -2.27. The summed E-state index contributed by atoms with van der Waals surface area (Å²) in [5, 5.41) is 21.3. The van der Waals surface area contributed by atoms with Gasteiger partial charge in [0.05, 0.1) is 11.5 Å². The molecule has 1 aliphatic carbocycles. The number of hydrogen-bond donors (Lipinski definition) is 4. The van der Waals surface area contributed by atoms with Gasteiger partial charge in [-0.25, -0.2) is 10.3 Å². The summed E-state index contributed by atoms with van der Waals surface area (Å²) >= 11 is 0. The van der Waals surface area contributed by atoms with Gasteiger partial charge in [-0.3, -0.25) is 14.8 Å². The van der Waals surface area contributed by atoms with Gasteiger partial charge in [-0.2, -0.15) is 13.2 Å². The molecule has 0 aromatic heterocycles. The van der Waals surface area contributed by atoms with Crippen LogP contribution in [0.15, 0.2) is 24.3 Å². The molecule has 4 N–H and O–H groups in total. The van der Waals surface area contributed by atoms with Crippen LogP contribution in [0.1, 0.15) is 63.1 Å². The smallest absolute Gasteiger partial charge is 0.416 e. The Balaban J connectivity index is 2.41. The van der Waals surface area contributed by atoms with E-state index in [9.17, 15) is 32.7 Å². The minimum atomic E-state index is -4.80. The molecule has 2 rings (SSSR count). The van der Waals surface area contributed by atoms with Crippen LogP contribution in [-0.2, 0) is 25.3 Å². The Hall–Kier alpha value is -2.66. The van der Waals surface area contributed by atoms with Crippen molar-refractivity contribution in [2.75, 3.05) is 0 Å². The Bertz CT molecular complexity index is 840. The van der Waals surface area contributed by atoms with E-state index in [1.807, 2.05) is 0 Å². The molecule has 1 aromatic rings. The number of hydroxylamine groups is 1. The molecule has 3 atom stereocenters. The molecule has 11 heteroatoms. The second kappa shape index (κ2) is 11.5. The number of esters is 1. The van der Waals surface area contributed by atoms with Gasteiger partial charge in [0.15, 0.2) is 6.04 Å². The molecule has 184 valence electrons. The number of hydrogen-bond acceptors (Lipinski definition) is 6. The zero-order valence-electron chi connectivity index (χ0n) is 18.4. The topological polar surface area (TPSA) is 125 Å². The number of ether oxygens (including phenoxy) is 1. The Kier molecular flexibility index (Phi) is 9.24. The van der Waals surface area contributed by atoms with Crippen molar-refractivity contribution in [2.45, 2.75) is 70.4 Å². The molecule has 1 fully saturated rings. The maximum absolute atomic E-state index is 13.6. The van der Waals surface area contributed by atoms with Crippen molar-refractivity contribution in [2.24, 2.45) is 11.8 Å². The summed E-state index contributed by atoms with van der Waals surface area (Å²) in [7, 11) is 0. The van der Waals surface area contributed by atoms with Crippen LogP contribution in [0.3, 0.4) is 0 Å². The number of nitrogens with one attached hydrogen (secondary N) is 2. The van der Waals surface area contributed by atoms with Crippen molar-refractivity contribution < 1.29 is 42.6 Å². The Morgan fingerprint density at radius 2 is 1.73 bits per heavy atom. The van der Waals surface area contributed by atoms with Crippen LogP contribution in [0.4, 0.5) is 13.2 Å². The fraction of sp³-hybridized carbons (Fsp3) is 0.591. The zero-order valence-corrected chi connectivity index (χ0v) is 18.4. The Labute approximate surface area is 189 Å². The van der Waals surface area contributed by atoms with Crippen LogP contribution in [0.5, 0.6) is 0 Å². The van der Waals surface area contributed by atoms with Gasteiger partial charge >= 0.3 is 12.1 Å². The fourth-order valence-corrected chi connectivity index (χ4v) is 3.89. The number of carbonyl (C=O) groups is 3. The molecule has 0 saturated heterocycles. The molecule has 1 aliphatic rings. The largest absolute Gasteiger partial charge is 0.461 e. The standard InChI is InChI=1S/C22H29F3N2O6/c1-12(2)11-15(18(28)20(30)27-32)19(29)26-17(21(31)33-13-7-3-4-8-13)14-9-5-6-10-16(14)22(23,24)25/h5-6,9-10,12-13,15,17-18,28,32H,3-4,7-8,11H2,1-2H3,(H,26,29)(H,27,30)/t15-,17+,18+/m1/s1. The normalized spacial score (nSPS) is 17.3. The van der Waals surface area contributed by atoms with Gasteiger partial charge in [0.1, 0.15) is 12.2 Å². The van der Waals surface area contributed by atoms with Crippen molar-refractivity contribution in [1.82, 2.24) is 10.8 Å². The quantitative estimate of drug-likeness (QED) is 0.248. The Morgan fingerprint density at radius 1 is 1.12 bits per heavy atom. The van der Waals surface area contributed by atoms with Gasteiger partial charge in [0.2, 0.25) is 5.91 Å². The van der Waals surface area contributed by atoms with Crippen molar-refractivity contribution in [3.05, 3.63) is 35.4 Å². The summed E-state index contributed by atoms with van der Waals surface area (Å²) in [5.74, 6) is -4.97. The molecule has 0 bridgehead atoms. The third-order valence-corrected chi connectivity index (χ3v) is 5.51.